The van der Waals surface area contributed by atoms with Gasteiger partial charge >= 0.3 is 0 Å². The van der Waals surface area contributed by atoms with Crippen molar-refractivity contribution < 1.29 is 14.1 Å². The number of nitrogens with zero attached hydrogens (tertiary/aromatic N) is 1. The minimum atomic E-state index is -0.0267. The zero-order chi connectivity index (χ0) is 25.4. The highest BCUT2D eigenvalue weighted by Gasteiger charge is 2.11. The molecule has 5 heteroatoms. The van der Waals surface area contributed by atoms with Gasteiger partial charge in [0.2, 0.25) is 11.4 Å². The van der Waals surface area contributed by atoms with Crippen LogP contribution < -0.4 is 14.6 Å². The second kappa shape index (κ2) is 16.2. The van der Waals surface area contributed by atoms with E-state index in [2.05, 4.69) is 41.5 Å². The summed E-state index contributed by atoms with van der Waals surface area (Å²) in [6.07, 6.45) is 15.5. The van der Waals surface area contributed by atoms with E-state index < -0.39 is 0 Å². The summed E-state index contributed by atoms with van der Waals surface area (Å²) in [6.45, 7) is 5.87. The van der Waals surface area contributed by atoms with Crippen molar-refractivity contribution in [2.75, 3.05) is 11.9 Å². The van der Waals surface area contributed by atoms with Crippen molar-refractivity contribution in [2.45, 2.75) is 91.0 Å². The van der Waals surface area contributed by atoms with Crippen molar-refractivity contribution in [3.8, 4) is 5.75 Å². The molecule has 4 nitrogen and oxygen atoms in total. The van der Waals surface area contributed by atoms with E-state index in [1.807, 2.05) is 42.5 Å². The predicted molar refractivity (Wildman–Crippen MR) is 151 cm³/mol. The maximum atomic E-state index is 12.8. The van der Waals surface area contributed by atoms with E-state index in [9.17, 15) is 4.79 Å². The average Bonchev–Trinajstić information content (AvgIpc) is 3.28. The minimum Gasteiger partial charge on any atom is -0.493 e. The van der Waals surface area contributed by atoms with Crippen LogP contribution >= 0.6 is 11.3 Å². The molecule has 3 aromatic rings. The number of para-hydroxylation sites is 1. The molecule has 0 bridgehead atoms. The van der Waals surface area contributed by atoms with Crippen LogP contribution in [-0.2, 0) is 17.8 Å². The van der Waals surface area contributed by atoms with Crippen LogP contribution in [0.5, 0.6) is 5.75 Å². The molecule has 0 spiro atoms. The largest absolute Gasteiger partial charge is 0.493 e. The standard InChI is InChI=1S/C31H42N2O2S/c1-3-4-5-6-7-8-9-10-11-14-20-35-30-19-13-12-17-28(30)22-31(34)32-29-18-15-16-27(21-29)24-33-23-26(2)36-25-33/h12-13,15-19,21,23,25H,3-11,14,20,22,24H2,1-2H3/p+1. The third-order valence-electron chi connectivity index (χ3n) is 6.38. The SMILES string of the molecule is CCCCCCCCCCCCOc1ccccc1CC(=O)Nc1cccc(C[n+]2csc(C)c2)c1. The molecule has 0 saturated carbocycles. The fourth-order valence-electron chi connectivity index (χ4n) is 4.43. The predicted octanol–water partition coefficient (Wildman–Crippen LogP) is 7.87. The first-order valence-corrected chi connectivity index (χ1v) is 14.6. The molecule has 1 heterocycles. The van der Waals surface area contributed by atoms with E-state index in [1.165, 1.54) is 62.7 Å². The fourth-order valence-corrected chi connectivity index (χ4v) is 5.06. The fraction of sp³-hybridized carbons (Fsp3) is 0.484. The Balaban J connectivity index is 1.38. The highest BCUT2D eigenvalue weighted by molar-refractivity contribution is 7.09. The first-order chi connectivity index (χ1) is 17.6. The molecule has 3 rings (SSSR count). The lowest BCUT2D eigenvalue weighted by molar-refractivity contribution is -0.683. The van der Waals surface area contributed by atoms with Gasteiger partial charge in [-0.1, -0.05) is 106 Å². The number of nitrogens with one attached hydrogen (secondary N) is 1. The van der Waals surface area contributed by atoms with Gasteiger partial charge in [-0.25, -0.2) is 0 Å². The number of hydrogen-bond acceptors (Lipinski definition) is 3. The van der Waals surface area contributed by atoms with Gasteiger partial charge in [0.25, 0.3) is 0 Å². The second-order valence-electron chi connectivity index (χ2n) is 9.70. The highest BCUT2D eigenvalue weighted by Crippen LogP contribution is 2.20. The number of aryl methyl sites for hydroxylation is 1. The molecule has 1 N–H and O–H groups in total. The second-order valence-corrected chi connectivity index (χ2v) is 10.8. The molecule has 194 valence electrons. The Labute approximate surface area is 221 Å². The molecular weight excluding hydrogens is 464 g/mol. The molecule has 36 heavy (non-hydrogen) atoms. The Hall–Kier alpha value is -2.66. The lowest BCUT2D eigenvalue weighted by atomic mass is 10.1. The molecule has 1 aromatic heterocycles. The van der Waals surface area contributed by atoms with Gasteiger partial charge in [0.15, 0.2) is 12.7 Å². The molecule has 0 atom stereocenters. The molecule has 0 unspecified atom stereocenters. The number of unbranched alkanes of at least 4 members (excludes halogenated alkanes) is 9. The van der Waals surface area contributed by atoms with Gasteiger partial charge in [0.05, 0.1) is 17.9 Å². The third-order valence-corrected chi connectivity index (χ3v) is 7.23. The number of amides is 1. The zero-order valence-corrected chi connectivity index (χ0v) is 23.0. The summed E-state index contributed by atoms with van der Waals surface area (Å²) in [4.78, 5) is 14.1. The summed E-state index contributed by atoms with van der Waals surface area (Å²) in [5.74, 6) is 0.794. The number of carbonyl (C=O) groups is 1. The normalized spacial score (nSPS) is 10.9. The number of carbonyl (C=O) groups excluding carboxylic acids is 1. The molecule has 1 amide bonds. The van der Waals surface area contributed by atoms with Crippen LogP contribution in [0.4, 0.5) is 5.69 Å². The van der Waals surface area contributed by atoms with Crippen molar-refractivity contribution >= 4 is 22.9 Å². The van der Waals surface area contributed by atoms with Crippen LogP contribution in [0.1, 0.15) is 87.1 Å². The monoisotopic (exact) mass is 507 g/mol. The van der Waals surface area contributed by atoms with E-state index in [1.54, 1.807) is 11.3 Å². The minimum absolute atomic E-state index is 0.0267. The van der Waals surface area contributed by atoms with Crippen LogP contribution in [0.25, 0.3) is 0 Å². The first-order valence-electron chi connectivity index (χ1n) is 13.7. The van der Waals surface area contributed by atoms with Crippen molar-refractivity contribution in [1.82, 2.24) is 0 Å². The van der Waals surface area contributed by atoms with E-state index in [4.69, 9.17) is 4.74 Å². The number of rotatable bonds is 17. The van der Waals surface area contributed by atoms with Crippen LogP contribution in [-0.4, -0.2) is 12.5 Å². The molecule has 0 aliphatic rings. The lowest BCUT2D eigenvalue weighted by Crippen LogP contribution is -2.30. The van der Waals surface area contributed by atoms with Crippen molar-refractivity contribution in [3.05, 3.63) is 76.2 Å². The number of anilines is 1. The van der Waals surface area contributed by atoms with Crippen molar-refractivity contribution in [2.24, 2.45) is 0 Å². The average molecular weight is 508 g/mol. The van der Waals surface area contributed by atoms with Gasteiger partial charge < -0.3 is 10.1 Å². The van der Waals surface area contributed by atoms with Crippen LogP contribution in [0.15, 0.2) is 60.2 Å². The van der Waals surface area contributed by atoms with Crippen molar-refractivity contribution in [3.63, 3.8) is 0 Å². The van der Waals surface area contributed by atoms with Gasteiger partial charge in [-0.3, -0.25) is 4.79 Å². The van der Waals surface area contributed by atoms with Gasteiger partial charge in [-0.15, -0.1) is 0 Å². The summed E-state index contributed by atoms with van der Waals surface area (Å²) in [6, 6.07) is 16.0. The summed E-state index contributed by atoms with van der Waals surface area (Å²) < 4.78 is 8.24. The van der Waals surface area contributed by atoms with Crippen LogP contribution in [0.3, 0.4) is 0 Å². The number of thiazole rings is 1. The molecule has 0 radical (unpaired) electrons. The van der Waals surface area contributed by atoms with E-state index in [0.29, 0.717) is 13.0 Å². The van der Waals surface area contributed by atoms with Gasteiger partial charge in [-0.05, 0) is 31.5 Å². The van der Waals surface area contributed by atoms with Gasteiger partial charge in [0.1, 0.15) is 5.75 Å². The Morgan fingerprint density at radius 3 is 2.36 bits per heavy atom. The maximum absolute atomic E-state index is 12.8. The molecule has 0 aliphatic carbocycles. The van der Waals surface area contributed by atoms with Gasteiger partial charge in [0, 0.05) is 16.8 Å². The van der Waals surface area contributed by atoms with E-state index in [0.717, 1.165) is 35.5 Å². The molecule has 2 aromatic carbocycles. The quantitative estimate of drug-likeness (QED) is 0.149. The van der Waals surface area contributed by atoms with E-state index >= 15 is 0 Å². The first kappa shape index (κ1) is 27.9. The summed E-state index contributed by atoms with van der Waals surface area (Å²) in [7, 11) is 0. The number of aromatic nitrogens is 1. The molecule has 0 aliphatic heterocycles. The van der Waals surface area contributed by atoms with Crippen molar-refractivity contribution in [1.29, 1.82) is 0 Å². The maximum Gasteiger partial charge on any atom is 0.228 e. The Bertz CT molecular complexity index is 1050. The number of ether oxygens (including phenoxy) is 1. The smallest absolute Gasteiger partial charge is 0.228 e. The third kappa shape index (κ3) is 10.5. The van der Waals surface area contributed by atoms with Crippen LogP contribution in [0, 0.1) is 6.92 Å². The van der Waals surface area contributed by atoms with E-state index in [-0.39, 0.29) is 5.91 Å². The summed E-state index contributed by atoms with van der Waals surface area (Å²) >= 11 is 1.74. The Kier molecular flexibility index (Phi) is 12.5. The number of benzene rings is 2. The Morgan fingerprint density at radius 1 is 0.917 bits per heavy atom. The highest BCUT2D eigenvalue weighted by atomic mass is 32.1. The Morgan fingerprint density at radius 2 is 1.64 bits per heavy atom. The topological polar surface area (TPSA) is 42.2 Å². The van der Waals surface area contributed by atoms with Gasteiger partial charge in [-0.2, -0.15) is 4.57 Å². The summed E-state index contributed by atoms with van der Waals surface area (Å²) in [5, 5.41) is 3.06. The zero-order valence-electron chi connectivity index (χ0n) is 22.1. The molecule has 0 fully saturated rings. The number of hydrogen-bond donors (Lipinski definition) is 1. The van der Waals surface area contributed by atoms with Crippen LogP contribution in [0.2, 0.25) is 0 Å². The summed E-state index contributed by atoms with van der Waals surface area (Å²) in [5.41, 5.74) is 5.04. The molecule has 0 saturated heterocycles. The molecular formula is C31H43N2O2S+. The lowest BCUT2D eigenvalue weighted by Gasteiger charge is -2.12.